The molecule has 0 radical (unpaired) electrons. The summed E-state index contributed by atoms with van der Waals surface area (Å²) in [5.74, 6) is -0.349. The first kappa shape index (κ1) is 14.3. The first-order chi connectivity index (χ1) is 9.60. The van der Waals surface area contributed by atoms with E-state index >= 15 is 0 Å². The van der Waals surface area contributed by atoms with E-state index in [1.54, 1.807) is 36.4 Å². The predicted molar refractivity (Wildman–Crippen MR) is 78.6 cm³/mol. The lowest BCUT2D eigenvalue weighted by Gasteiger charge is -2.07. The van der Waals surface area contributed by atoms with Crippen LogP contribution in [0.15, 0.2) is 47.5 Å². The Kier molecular flexibility index (Phi) is 4.53. The Morgan fingerprint density at radius 2 is 1.80 bits per heavy atom. The lowest BCUT2D eigenvalue weighted by molar-refractivity contribution is 0.102. The van der Waals surface area contributed by atoms with E-state index < -0.39 is 0 Å². The Labute approximate surface area is 125 Å². The molecule has 4 nitrogen and oxygen atoms in total. The second kappa shape index (κ2) is 6.35. The minimum atomic E-state index is -0.349. The maximum atomic E-state index is 12.0. The molecule has 0 aliphatic heterocycles. The van der Waals surface area contributed by atoms with Crippen molar-refractivity contribution in [1.82, 2.24) is 0 Å². The molecule has 6 heteroatoms. The smallest absolute Gasteiger partial charge is 0.257 e. The monoisotopic (exact) mass is 306 g/mol. The van der Waals surface area contributed by atoms with Crippen molar-refractivity contribution in [3.63, 3.8) is 0 Å². The van der Waals surface area contributed by atoms with Crippen molar-refractivity contribution in [2.75, 3.05) is 5.32 Å². The molecule has 1 amide bonds. The number of carbonyl (C=O) groups excluding carboxylic acids is 2. The standard InChI is InChI=1S/C14H8Cl2N2O2/c15-9-1-6-12(13(16)7-9)14(20)18-11-4-2-10(3-5-11)17-8-19/h1-7H,(H,18,20). The molecule has 0 aliphatic carbocycles. The molecule has 2 rings (SSSR count). The van der Waals surface area contributed by atoms with Gasteiger partial charge in [-0.05, 0) is 42.5 Å². The number of benzene rings is 2. The summed E-state index contributed by atoms with van der Waals surface area (Å²) in [5.41, 5.74) is 1.35. The third-order valence-corrected chi connectivity index (χ3v) is 3.02. The van der Waals surface area contributed by atoms with E-state index in [1.165, 1.54) is 12.1 Å². The highest BCUT2D eigenvalue weighted by molar-refractivity contribution is 6.37. The molecule has 0 unspecified atom stereocenters. The number of nitrogens with one attached hydrogen (secondary N) is 1. The molecular weight excluding hydrogens is 299 g/mol. The lowest BCUT2D eigenvalue weighted by Crippen LogP contribution is -2.12. The van der Waals surface area contributed by atoms with Crippen LogP contribution in [0.5, 0.6) is 0 Å². The summed E-state index contributed by atoms with van der Waals surface area (Å²) in [6, 6.07) is 11.1. The molecule has 1 N–H and O–H groups in total. The summed E-state index contributed by atoms with van der Waals surface area (Å²) in [5, 5.41) is 3.42. The number of carbonyl (C=O) groups is 1. The summed E-state index contributed by atoms with van der Waals surface area (Å²) in [6.07, 6.45) is 1.44. The van der Waals surface area contributed by atoms with Gasteiger partial charge in [0.1, 0.15) is 0 Å². The average Bonchev–Trinajstić information content (AvgIpc) is 2.41. The fourth-order valence-corrected chi connectivity index (χ4v) is 2.04. The van der Waals surface area contributed by atoms with Crippen LogP contribution in [0.1, 0.15) is 10.4 Å². The molecule has 0 atom stereocenters. The second-order valence-corrected chi connectivity index (χ2v) is 4.67. The number of amides is 1. The molecule has 0 fully saturated rings. The van der Waals surface area contributed by atoms with Gasteiger partial charge in [0, 0.05) is 10.7 Å². The molecule has 0 aliphatic rings. The van der Waals surface area contributed by atoms with Crippen molar-refractivity contribution in [3.05, 3.63) is 58.1 Å². The fourth-order valence-electron chi connectivity index (χ4n) is 1.54. The molecule has 2 aromatic carbocycles. The molecule has 100 valence electrons. The number of hydrogen-bond donors (Lipinski definition) is 1. The van der Waals surface area contributed by atoms with Gasteiger partial charge in [-0.2, -0.15) is 4.99 Å². The normalized spacial score (nSPS) is 9.70. The quantitative estimate of drug-likeness (QED) is 0.682. The SMILES string of the molecule is O=C=Nc1ccc(NC(=O)c2ccc(Cl)cc2Cl)cc1. The minimum Gasteiger partial charge on any atom is -0.322 e. The lowest BCUT2D eigenvalue weighted by atomic mass is 10.2. The van der Waals surface area contributed by atoms with E-state index in [9.17, 15) is 9.59 Å². The van der Waals surface area contributed by atoms with Crippen LogP contribution >= 0.6 is 23.2 Å². The Morgan fingerprint density at radius 3 is 2.40 bits per heavy atom. The fraction of sp³-hybridized carbons (Fsp3) is 0. The minimum absolute atomic E-state index is 0.275. The topological polar surface area (TPSA) is 58.5 Å². The number of halogens is 2. The van der Waals surface area contributed by atoms with Gasteiger partial charge in [-0.25, -0.2) is 4.79 Å². The van der Waals surface area contributed by atoms with Crippen molar-refractivity contribution in [3.8, 4) is 0 Å². The van der Waals surface area contributed by atoms with Crippen LogP contribution in [0.4, 0.5) is 11.4 Å². The highest BCUT2D eigenvalue weighted by Gasteiger charge is 2.10. The van der Waals surface area contributed by atoms with Gasteiger partial charge < -0.3 is 5.32 Å². The van der Waals surface area contributed by atoms with Crippen molar-refractivity contribution >= 4 is 46.6 Å². The second-order valence-electron chi connectivity index (χ2n) is 3.83. The van der Waals surface area contributed by atoms with Gasteiger partial charge in [-0.3, -0.25) is 4.79 Å². The maximum absolute atomic E-state index is 12.0. The zero-order valence-corrected chi connectivity index (χ0v) is 11.6. The van der Waals surface area contributed by atoms with E-state index in [-0.39, 0.29) is 10.9 Å². The summed E-state index contributed by atoms with van der Waals surface area (Å²) in [7, 11) is 0. The first-order valence-corrected chi connectivity index (χ1v) is 6.30. The van der Waals surface area contributed by atoms with Crippen LogP contribution in [-0.4, -0.2) is 12.0 Å². The Morgan fingerprint density at radius 1 is 1.10 bits per heavy atom. The molecule has 0 bridgehead atoms. The molecule has 0 heterocycles. The molecule has 0 spiro atoms. The van der Waals surface area contributed by atoms with E-state index in [1.807, 2.05) is 0 Å². The number of hydrogen-bond acceptors (Lipinski definition) is 3. The third-order valence-electron chi connectivity index (χ3n) is 2.48. The molecule has 0 saturated carbocycles. The van der Waals surface area contributed by atoms with E-state index in [4.69, 9.17) is 23.2 Å². The van der Waals surface area contributed by atoms with Gasteiger partial charge >= 0.3 is 0 Å². The van der Waals surface area contributed by atoms with Crippen molar-refractivity contribution < 1.29 is 9.59 Å². The van der Waals surface area contributed by atoms with Crippen LogP contribution in [0.25, 0.3) is 0 Å². The highest BCUT2D eigenvalue weighted by atomic mass is 35.5. The molecule has 2 aromatic rings. The van der Waals surface area contributed by atoms with E-state index in [0.717, 1.165) is 0 Å². The Hall–Kier alpha value is -2.13. The number of isocyanates is 1. The van der Waals surface area contributed by atoms with Crippen LogP contribution in [0.2, 0.25) is 10.0 Å². The zero-order chi connectivity index (χ0) is 14.5. The summed E-state index contributed by atoms with van der Waals surface area (Å²) < 4.78 is 0. The van der Waals surface area contributed by atoms with Gasteiger partial charge in [-0.15, -0.1) is 0 Å². The Bertz CT molecular complexity index is 693. The summed E-state index contributed by atoms with van der Waals surface area (Å²) in [6.45, 7) is 0. The number of rotatable bonds is 3. The molecular formula is C14H8Cl2N2O2. The van der Waals surface area contributed by atoms with Gasteiger partial charge in [0.05, 0.1) is 16.3 Å². The van der Waals surface area contributed by atoms with Gasteiger partial charge in [0.2, 0.25) is 6.08 Å². The largest absolute Gasteiger partial charge is 0.322 e. The van der Waals surface area contributed by atoms with Crippen LogP contribution in [0, 0.1) is 0 Å². The van der Waals surface area contributed by atoms with Crippen LogP contribution in [0.3, 0.4) is 0 Å². The predicted octanol–water partition coefficient (Wildman–Crippen LogP) is 4.21. The van der Waals surface area contributed by atoms with E-state index in [0.29, 0.717) is 22.0 Å². The van der Waals surface area contributed by atoms with Gasteiger partial charge in [0.15, 0.2) is 0 Å². The number of nitrogens with zero attached hydrogens (tertiary/aromatic N) is 1. The highest BCUT2D eigenvalue weighted by Crippen LogP contribution is 2.22. The average molecular weight is 307 g/mol. The van der Waals surface area contributed by atoms with Crippen LogP contribution < -0.4 is 5.32 Å². The van der Waals surface area contributed by atoms with Crippen molar-refractivity contribution in [1.29, 1.82) is 0 Å². The summed E-state index contributed by atoms with van der Waals surface area (Å²) in [4.78, 5) is 25.6. The third kappa shape index (κ3) is 3.45. The van der Waals surface area contributed by atoms with Gasteiger partial charge in [0.25, 0.3) is 5.91 Å². The number of anilines is 1. The van der Waals surface area contributed by atoms with E-state index in [2.05, 4.69) is 10.3 Å². The molecule has 0 aromatic heterocycles. The molecule has 0 saturated heterocycles. The Balaban J connectivity index is 2.16. The van der Waals surface area contributed by atoms with Crippen molar-refractivity contribution in [2.24, 2.45) is 4.99 Å². The molecule has 20 heavy (non-hydrogen) atoms. The zero-order valence-electron chi connectivity index (χ0n) is 10.1. The van der Waals surface area contributed by atoms with Crippen molar-refractivity contribution in [2.45, 2.75) is 0 Å². The van der Waals surface area contributed by atoms with Gasteiger partial charge in [-0.1, -0.05) is 23.2 Å². The first-order valence-electron chi connectivity index (χ1n) is 5.54. The number of aliphatic imine (C=N–C) groups is 1. The van der Waals surface area contributed by atoms with Crippen LogP contribution in [-0.2, 0) is 4.79 Å². The maximum Gasteiger partial charge on any atom is 0.257 e. The summed E-state index contributed by atoms with van der Waals surface area (Å²) >= 11 is 11.7.